The molecule has 0 spiro atoms. The van der Waals surface area contributed by atoms with E-state index in [0.29, 0.717) is 17.3 Å². The molecule has 0 saturated carbocycles. The number of pyridine rings is 1. The highest BCUT2D eigenvalue weighted by molar-refractivity contribution is 6.33. The number of anilines is 1. The Bertz CT molecular complexity index is 303. The third-order valence-corrected chi connectivity index (χ3v) is 1.74. The van der Waals surface area contributed by atoms with Crippen LogP contribution in [0.15, 0.2) is 18.5 Å². The summed E-state index contributed by atoms with van der Waals surface area (Å²) in [6.07, 6.45) is 3.34. The molecule has 0 aliphatic rings. The van der Waals surface area contributed by atoms with Gasteiger partial charge in [0, 0.05) is 19.2 Å². The summed E-state index contributed by atoms with van der Waals surface area (Å²) in [4.78, 5) is 14.9. The first-order valence-electron chi connectivity index (χ1n) is 3.83. The fourth-order valence-corrected chi connectivity index (χ4v) is 0.966. The molecule has 0 unspecified atom stereocenters. The molecule has 4 nitrogen and oxygen atoms in total. The van der Waals surface area contributed by atoms with E-state index in [4.69, 9.17) is 17.3 Å². The molecule has 0 aliphatic heterocycles. The molecule has 1 heterocycles. The van der Waals surface area contributed by atoms with Crippen molar-refractivity contribution >= 4 is 23.2 Å². The zero-order valence-electron chi connectivity index (χ0n) is 6.96. The van der Waals surface area contributed by atoms with E-state index in [1.807, 2.05) is 0 Å². The van der Waals surface area contributed by atoms with Crippen LogP contribution in [0.4, 0.5) is 5.69 Å². The van der Waals surface area contributed by atoms with Gasteiger partial charge in [0.2, 0.25) is 5.91 Å². The predicted octanol–water partition coefficient (Wildman–Crippen LogP) is 1.02. The lowest BCUT2D eigenvalue weighted by Gasteiger charge is -2.04. The smallest absolute Gasteiger partial charge is 0.225 e. The number of hydrogen-bond donors (Lipinski definition) is 2. The predicted molar refractivity (Wildman–Crippen MR) is 51.5 cm³/mol. The van der Waals surface area contributed by atoms with E-state index in [1.54, 1.807) is 12.3 Å². The van der Waals surface area contributed by atoms with Crippen molar-refractivity contribution in [3.8, 4) is 0 Å². The van der Waals surface area contributed by atoms with E-state index in [0.717, 1.165) is 0 Å². The van der Waals surface area contributed by atoms with Crippen molar-refractivity contribution in [3.05, 3.63) is 23.5 Å². The van der Waals surface area contributed by atoms with Crippen LogP contribution in [0, 0.1) is 0 Å². The molecule has 0 aliphatic carbocycles. The summed E-state index contributed by atoms with van der Waals surface area (Å²) in [5.41, 5.74) is 5.73. The highest BCUT2D eigenvalue weighted by Gasteiger charge is 2.03. The quantitative estimate of drug-likeness (QED) is 0.764. The SMILES string of the molecule is NCCC(=O)Nc1cnccc1Cl. The van der Waals surface area contributed by atoms with E-state index < -0.39 is 0 Å². The van der Waals surface area contributed by atoms with Crippen LogP contribution in [-0.2, 0) is 4.79 Å². The topological polar surface area (TPSA) is 68.0 Å². The van der Waals surface area contributed by atoms with Crippen LogP contribution in [0.2, 0.25) is 5.02 Å². The number of amides is 1. The molecule has 0 fully saturated rings. The Balaban J connectivity index is 2.63. The highest BCUT2D eigenvalue weighted by Crippen LogP contribution is 2.18. The molecule has 1 amide bonds. The minimum atomic E-state index is -0.155. The van der Waals surface area contributed by atoms with Gasteiger partial charge in [0.25, 0.3) is 0 Å². The largest absolute Gasteiger partial charge is 0.330 e. The fraction of sp³-hybridized carbons (Fsp3) is 0.250. The van der Waals surface area contributed by atoms with Gasteiger partial charge in [0.1, 0.15) is 0 Å². The Kier molecular flexibility index (Phi) is 3.67. The van der Waals surface area contributed by atoms with Crippen molar-refractivity contribution in [1.29, 1.82) is 0 Å². The first-order chi connectivity index (χ1) is 6.24. The average Bonchev–Trinajstić information content (AvgIpc) is 2.09. The molecule has 0 radical (unpaired) electrons. The third kappa shape index (κ3) is 3.01. The van der Waals surface area contributed by atoms with Crippen LogP contribution in [0.25, 0.3) is 0 Å². The van der Waals surface area contributed by atoms with Crippen molar-refractivity contribution in [2.75, 3.05) is 11.9 Å². The number of aromatic nitrogens is 1. The minimum absolute atomic E-state index is 0.155. The molecule has 0 atom stereocenters. The van der Waals surface area contributed by atoms with Gasteiger partial charge >= 0.3 is 0 Å². The van der Waals surface area contributed by atoms with Crippen molar-refractivity contribution < 1.29 is 4.79 Å². The molecule has 3 N–H and O–H groups in total. The van der Waals surface area contributed by atoms with Gasteiger partial charge in [0.15, 0.2) is 0 Å². The maximum Gasteiger partial charge on any atom is 0.225 e. The average molecular weight is 200 g/mol. The molecule has 1 rings (SSSR count). The van der Waals surface area contributed by atoms with Crippen molar-refractivity contribution in [2.24, 2.45) is 5.73 Å². The summed E-state index contributed by atoms with van der Waals surface area (Å²) in [5.74, 6) is -0.155. The number of rotatable bonds is 3. The zero-order chi connectivity index (χ0) is 9.68. The van der Waals surface area contributed by atoms with E-state index >= 15 is 0 Å². The van der Waals surface area contributed by atoms with Crippen LogP contribution in [0.1, 0.15) is 6.42 Å². The summed E-state index contributed by atoms with van der Waals surface area (Å²) in [6, 6.07) is 1.61. The molecule has 5 heteroatoms. The number of halogens is 1. The maximum atomic E-state index is 11.1. The third-order valence-electron chi connectivity index (χ3n) is 1.41. The number of nitrogens with zero attached hydrogens (tertiary/aromatic N) is 1. The lowest BCUT2D eigenvalue weighted by Crippen LogP contribution is -2.16. The maximum absolute atomic E-state index is 11.1. The Morgan fingerprint density at radius 2 is 2.46 bits per heavy atom. The summed E-state index contributed by atoms with van der Waals surface area (Å²) in [5, 5.41) is 3.07. The highest BCUT2D eigenvalue weighted by atomic mass is 35.5. The number of carbonyl (C=O) groups excluding carboxylic acids is 1. The standard InChI is InChI=1S/C8H10ClN3O/c9-6-2-4-11-5-7(6)12-8(13)1-3-10/h2,4-5H,1,3,10H2,(H,12,13). The molecule has 13 heavy (non-hydrogen) atoms. The molecular formula is C8H10ClN3O. The summed E-state index contributed by atoms with van der Waals surface area (Å²) >= 11 is 5.78. The van der Waals surface area contributed by atoms with Gasteiger partial charge in [-0.25, -0.2) is 0 Å². The first kappa shape index (κ1) is 9.95. The van der Waals surface area contributed by atoms with E-state index in [2.05, 4.69) is 10.3 Å². The normalized spacial score (nSPS) is 9.69. The van der Waals surface area contributed by atoms with E-state index in [-0.39, 0.29) is 12.3 Å². The van der Waals surface area contributed by atoms with Crippen molar-refractivity contribution in [1.82, 2.24) is 4.98 Å². The molecule has 1 aromatic heterocycles. The van der Waals surface area contributed by atoms with E-state index in [1.165, 1.54) is 6.20 Å². The van der Waals surface area contributed by atoms with Crippen LogP contribution in [0.5, 0.6) is 0 Å². The van der Waals surface area contributed by atoms with Crippen LogP contribution < -0.4 is 11.1 Å². The van der Waals surface area contributed by atoms with Crippen LogP contribution >= 0.6 is 11.6 Å². The van der Waals surface area contributed by atoms with Crippen molar-refractivity contribution in [2.45, 2.75) is 6.42 Å². The molecule has 0 aromatic carbocycles. The molecule has 0 bridgehead atoms. The Labute approximate surface area is 81.1 Å². The second-order valence-corrected chi connectivity index (χ2v) is 2.85. The monoisotopic (exact) mass is 199 g/mol. The summed E-state index contributed by atoms with van der Waals surface area (Å²) in [6.45, 7) is 0.323. The van der Waals surface area contributed by atoms with Crippen molar-refractivity contribution in [3.63, 3.8) is 0 Å². The molecular weight excluding hydrogens is 190 g/mol. The van der Waals surface area contributed by atoms with Gasteiger partial charge in [-0.05, 0) is 6.07 Å². The minimum Gasteiger partial charge on any atom is -0.330 e. The fourth-order valence-electron chi connectivity index (χ4n) is 0.813. The Morgan fingerprint density at radius 3 is 3.08 bits per heavy atom. The summed E-state index contributed by atoms with van der Waals surface area (Å²) in [7, 11) is 0. The Morgan fingerprint density at radius 1 is 1.69 bits per heavy atom. The number of carbonyl (C=O) groups is 1. The Hall–Kier alpha value is -1.13. The zero-order valence-corrected chi connectivity index (χ0v) is 7.71. The molecule has 0 saturated heterocycles. The van der Waals surface area contributed by atoms with Gasteiger partial charge in [-0.1, -0.05) is 11.6 Å². The molecule has 70 valence electrons. The number of nitrogens with one attached hydrogen (secondary N) is 1. The van der Waals surface area contributed by atoms with Gasteiger partial charge in [-0.2, -0.15) is 0 Å². The van der Waals surface area contributed by atoms with Crippen LogP contribution in [0.3, 0.4) is 0 Å². The first-order valence-corrected chi connectivity index (χ1v) is 4.21. The van der Waals surface area contributed by atoms with Gasteiger partial charge < -0.3 is 11.1 Å². The summed E-state index contributed by atoms with van der Waals surface area (Å²) < 4.78 is 0. The number of nitrogens with two attached hydrogens (primary N) is 1. The second-order valence-electron chi connectivity index (χ2n) is 2.44. The van der Waals surface area contributed by atoms with E-state index in [9.17, 15) is 4.79 Å². The number of hydrogen-bond acceptors (Lipinski definition) is 3. The lowest BCUT2D eigenvalue weighted by atomic mass is 10.3. The van der Waals surface area contributed by atoms with Gasteiger partial charge in [0.05, 0.1) is 16.9 Å². The van der Waals surface area contributed by atoms with Gasteiger partial charge in [-0.3, -0.25) is 9.78 Å². The second kappa shape index (κ2) is 4.79. The lowest BCUT2D eigenvalue weighted by molar-refractivity contribution is -0.116. The van der Waals surface area contributed by atoms with Gasteiger partial charge in [-0.15, -0.1) is 0 Å². The molecule has 1 aromatic rings. The van der Waals surface area contributed by atoms with Crippen LogP contribution in [-0.4, -0.2) is 17.4 Å².